The first-order chi connectivity index (χ1) is 6.43. The molecule has 1 aliphatic rings. The van der Waals surface area contributed by atoms with Crippen molar-refractivity contribution in [3.05, 3.63) is 0 Å². The van der Waals surface area contributed by atoms with Crippen LogP contribution in [-0.2, 0) is 9.53 Å². The van der Waals surface area contributed by atoms with Crippen molar-refractivity contribution < 1.29 is 30.0 Å². The molecule has 0 aromatic heterocycles. The number of carboxylic acids is 1. The Morgan fingerprint density at radius 3 is 2.29 bits per heavy atom. The van der Waals surface area contributed by atoms with E-state index in [-0.39, 0.29) is 0 Å². The minimum atomic E-state index is -1.36. The van der Waals surface area contributed by atoms with Gasteiger partial charge < -0.3 is 25.2 Å². The van der Waals surface area contributed by atoms with Crippen molar-refractivity contribution >= 4 is 5.97 Å². The van der Waals surface area contributed by atoms with Gasteiger partial charge in [-0.2, -0.15) is 0 Å². The lowest BCUT2D eigenvalue weighted by Gasteiger charge is -2.38. The molecule has 0 aromatic carbocycles. The Morgan fingerprint density at radius 2 is 1.79 bits per heavy atom. The lowest BCUT2D eigenvalue weighted by molar-refractivity contribution is -0.219. The first-order valence-electron chi connectivity index (χ1n) is 4.35. The third-order valence-corrected chi connectivity index (χ3v) is 2.33. The van der Waals surface area contributed by atoms with Crippen molar-refractivity contribution in [2.45, 2.75) is 43.9 Å². The maximum atomic E-state index is 10.4. The molecule has 0 spiro atoms. The zero-order chi connectivity index (χ0) is 10.9. The maximum absolute atomic E-state index is 10.4. The molecular weight excluding hydrogens is 192 g/mol. The minimum Gasteiger partial charge on any atom is -0.481 e. The zero-order valence-corrected chi connectivity index (χ0v) is 7.70. The number of aliphatic hydroxyl groups excluding tert-OH is 3. The van der Waals surface area contributed by atoms with Gasteiger partial charge in [-0.1, -0.05) is 0 Å². The van der Waals surface area contributed by atoms with E-state index in [4.69, 9.17) is 9.84 Å². The van der Waals surface area contributed by atoms with E-state index in [1.165, 1.54) is 6.92 Å². The molecule has 1 aliphatic heterocycles. The Bertz CT molecular complexity index is 218. The Kier molecular flexibility index (Phi) is 3.43. The Hall–Kier alpha value is -0.690. The van der Waals surface area contributed by atoms with Crippen molar-refractivity contribution in [3.8, 4) is 0 Å². The average molecular weight is 206 g/mol. The third kappa shape index (κ3) is 2.21. The SMILES string of the molecule is C[C@@H]1OC(CC(=O)O)[C@@H](O)[C@H](O)[C@@H]1O. The van der Waals surface area contributed by atoms with Crippen LogP contribution in [0.1, 0.15) is 13.3 Å². The van der Waals surface area contributed by atoms with Crippen LogP contribution >= 0.6 is 0 Å². The van der Waals surface area contributed by atoms with Crippen LogP contribution in [0.2, 0.25) is 0 Å². The van der Waals surface area contributed by atoms with E-state index >= 15 is 0 Å². The molecule has 82 valence electrons. The summed E-state index contributed by atoms with van der Waals surface area (Å²) in [5, 5.41) is 36.5. The lowest BCUT2D eigenvalue weighted by Crippen LogP contribution is -2.56. The summed E-state index contributed by atoms with van der Waals surface area (Å²) in [6.45, 7) is 1.51. The molecule has 1 fully saturated rings. The highest BCUT2D eigenvalue weighted by Gasteiger charge is 2.42. The number of ether oxygens (including phenoxy) is 1. The van der Waals surface area contributed by atoms with Crippen LogP contribution in [0.15, 0.2) is 0 Å². The number of aliphatic carboxylic acids is 1. The van der Waals surface area contributed by atoms with E-state index in [1.807, 2.05) is 0 Å². The number of hydrogen-bond acceptors (Lipinski definition) is 5. The summed E-state index contributed by atoms with van der Waals surface area (Å²) < 4.78 is 5.05. The summed E-state index contributed by atoms with van der Waals surface area (Å²) in [6, 6.07) is 0. The van der Waals surface area contributed by atoms with E-state index in [1.54, 1.807) is 0 Å². The van der Waals surface area contributed by atoms with Crippen LogP contribution in [0.3, 0.4) is 0 Å². The van der Waals surface area contributed by atoms with Gasteiger partial charge in [-0.05, 0) is 6.92 Å². The predicted octanol–water partition coefficient (Wildman–Crippen LogP) is -1.67. The Labute approximate surface area is 80.7 Å². The van der Waals surface area contributed by atoms with E-state index in [9.17, 15) is 20.1 Å². The van der Waals surface area contributed by atoms with Crippen LogP contribution in [0.25, 0.3) is 0 Å². The molecule has 0 amide bonds. The van der Waals surface area contributed by atoms with E-state index in [0.29, 0.717) is 0 Å². The largest absolute Gasteiger partial charge is 0.481 e. The monoisotopic (exact) mass is 206 g/mol. The van der Waals surface area contributed by atoms with Crippen molar-refractivity contribution in [1.82, 2.24) is 0 Å². The van der Waals surface area contributed by atoms with Crippen LogP contribution in [-0.4, -0.2) is 56.9 Å². The van der Waals surface area contributed by atoms with Crippen molar-refractivity contribution in [1.29, 1.82) is 0 Å². The highest BCUT2D eigenvalue weighted by molar-refractivity contribution is 5.67. The molecule has 6 nitrogen and oxygen atoms in total. The Balaban J connectivity index is 2.65. The van der Waals surface area contributed by atoms with Gasteiger partial charge >= 0.3 is 5.97 Å². The predicted molar refractivity (Wildman–Crippen MR) is 44.6 cm³/mol. The maximum Gasteiger partial charge on any atom is 0.306 e. The van der Waals surface area contributed by atoms with Gasteiger partial charge in [0.1, 0.15) is 18.3 Å². The molecule has 0 saturated carbocycles. The van der Waals surface area contributed by atoms with Gasteiger partial charge in [0, 0.05) is 0 Å². The van der Waals surface area contributed by atoms with Gasteiger partial charge in [0.2, 0.25) is 0 Å². The summed E-state index contributed by atoms with van der Waals surface area (Å²) in [6.07, 6.45) is -5.95. The fraction of sp³-hybridized carbons (Fsp3) is 0.875. The molecule has 4 N–H and O–H groups in total. The van der Waals surface area contributed by atoms with E-state index in [0.717, 1.165) is 0 Å². The van der Waals surface area contributed by atoms with Gasteiger partial charge in [-0.25, -0.2) is 0 Å². The second-order valence-electron chi connectivity index (χ2n) is 3.45. The van der Waals surface area contributed by atoms with Gasteiger partial charge in [0.05, 0.1) is 18.6 Å². The molecule has 0 bridgehead atoms. The van der Waals surface area contributed by atoms with E-state index < -0.39 is 42.9 Å². The van der Waals surface area contributed by atoms with Crippen LogP contribution in [0, 0.1) is 0 Å². The molecule has 0 aromatic rings. The highest BCUT2D eigenvalue weighted by Crippen LogP contribution is 2.22. The van der Waals surface area contributed by atoms with Crippen LogP contribution in [0.5, 0.6) is 0 Å². The Morgan fingerprint density at radius 1 is 1.21 bits per heavy atom. The van der Waals surface area contributed by atoms with Crippen molar-refractivity contribution in [3.63, 3.8) is 0 Å². The average Bonchev–Trinajstić information content (AvgIpc) is 2.10. The van der Waals surface area contributed by atoms with Crippen molar-refractivity contribution in [2.75, 3.05) is 0 Å². The number of aliphatic hydroxyl groups is 3. The fourth-order valence-corrected chi connectivity index (χ4v) is 1.48. The molecule has 0 radical (unpaired) electrons. The molecular formula is C8H14O6. The van der Waals surface area contributed by atoms with Gasteiger partial charge in [-0.15, -0.1) is 0 Å². The van der Waals surface area contributed by atoms with Crippen molar-refractivity contribution in [2.24, 2.45) is 0 Å². The third-order valence-electron chi connectivity index (χ3n) is 2.33. The van der Waals surface area contributed by atoms with E-state index in [2.05, 4.69) is 0 Å². The fourth-order valence-electron chi connectivity index (χ4n) is 1.48. The van der Waals surface area contributed by atoms with Gasteiger partial charge in [0.25, 0.3) is 0 Å². The molecule has 1 heterocycles. The van der Waals surface area contributed by atoms with Crippen LogP contribution in [0.4, 0.5) is 0 Å². The first-order valence-corrected chi connectivity index (χ1v) is 4.35. The summed E-state index contributed by atoms with van der Waals surface area (Å²) in [4.78, 5) is 10.4. The number of hydrogen-bond donors (Lipinski definition) is 4. The second-order valence-corrected chi connectivity index (χ2v) is 3.45. The summed E-state index contributed by atoms with van der Waals surface area (Å²) in [5.41, 5.74) is 0. The second kappa shape index (κ2) is 4.22. The smallest absolute Gasteiger partial charge is 0.306 e. The summed E-state index contributed by atoms with van der Waals surface area (Å²) in [5.74, 6) is -1.12. The summed E-state index contributed by atoms with van der Waals surface area (Å²) >= 11 is 0. The quantitative estimate of drug-likeness (QED) is 0.430. The topological polar surface area (TPSA) is 107 Å². The number of carbonyl (C=O) groups is 1. The molecule has 0 aliphatic carbocycles. The zero-order valence-electron chi connectivity index (χ0n) is 7.70. The molecule has 6 heteroatoms. The van der Waals surface area contributed by atoms with Gasteiger partial charge in [0.15, 0.2) is 0 Å². The highest BCUT2D eigenvalue weighted by atomic mass is 16.5. The molecule has 1 rings (SSSR count). The normalized spacial score (nSPS) is 43.6. The molecule has 14 heavy (non-hydrogen) atoms. The molecule has 5 atom stereocenters. The number of rotatable bonds is 2. The number of carboxylic acid groups (broad SMARTS) is 1. The van der Waals surface area contributed by atoms with Crippen LogP contribution < -0.4 is 0 Å². The molecule has 1 saturated heterocycles. The lowest BCUT2D eigenvalue weighted by atomic mass is 9.94. The summed E-state index contributed by atoms with van der Waals surface area (Å²) in [7, 11) is 0. The minimum absolute atomic E-state index is 0.394. The van der Waals surface area contributed by atoms with Gasteiger partial charge in [-0.3, -0.25) is 4.79 Å². The standard InChI is InChI=1S/C8H14O6/c1-3-6(11)8(13)7(12)4(14-3)2-5(9)10/h3-4,6-8,11-13H,2H2,1H3,(H,9,10)/t3-,4?,6+,7+,8+/m0/s1. The molecule has 1 unspecified atom stereocenters. The first kappa shape index (κ1) is 11.4.